The third-order valence-corrected chi connectivity index (χ3v) is 3.27. The summed E-state index contributed by atoms with van der Waals surface area (Å²) in [6, 6.07) is 8.92. The van der Waals surface area contributed by atoms with Gasteiger partial charge in [0.15, 0.2) is 0 Å². The Morgan fingerprint density at radius 1 is 1.22 bits per heavy atom. The van der Waals surface area contributed by atoms with E-state index in [0.29, 0.717) is 21.4 Å². The summed E-state index contributed by atoms with van der Waals surface area (Å²) in [5.74, 6) is 0. The number of hydrogen-bond acceptors (Lipinski definition) is 3. The Morgan fingerprint density at radius 2 is 2.00 bits per heavy atom. The van der Waals surface area contributed by atoms with Crippen LogP contribution in [-0.2, 0) is 0 Å². The molecule has 0 aliphatic heterocycles. The quantitative estimate of drug-likeness (QED) is 0.847. The summed E-state index contributed by atoms with van der Waals surface area (Å²) in [6.45, 7) is 0. The van der Waals surface area contributed by atoms with E-state index in [9.17, 15) is 0 Å². The van der Waals surface area contributed by atoms with Gasteiger partial charge in [-0.15, -0.1) is 0 Å². The standard InChI is InChI=1S/C12H9Cl2N3S/c13-8-2-1-3-9(11(8)14)17-7-4-5-10(12(15)18)16-6-7/h1-6,17H,(H2,15,18). The Balaban J connectivity index is 2.24. The van der Waals surface area contributed by atoms with E-state index in [1.807, 2.05) is 18.2 Å². The molecule has 2 aromatic rings. The SMILES string of the molecule is NC(=S)c1ccc(Nc2cccc(Cl)c2Cl)cn1. The largest absolute Gasteiger partial charge is 0.388 e. The van der Waals surface area contributed by atoms with Gasteiger partial charge in [-0.2, -0.15) is 0 Å². The highest BCUT2D eigenvalue weighted by atomic mass is 35.5. The van der Waals surface area contributed by atoms with Crippen molar-refractivity contribution < 1.29 is 0 Å². The topological polar surface area (TPSA) is 50.9 Å². The summed E-state index contributed by atoms with van der Waals surface area (Å²) >= 11 is 16.8. The van der Waals surface area contributed by atoms with Gasteiger partial charge in [0.2, 0.25) is 0 Å². The Morgan fingerprint density at radius 3 is 2.61 bits per heavy atom. The van der Waals surface area contributed by atoms with Gasteiger partial charge < -0.3 is 11.1 Å². The molecule has 3 N–H and O–H groups in total. The molecule has 3 nitrogen and oxygen atoms in total. The van der Waals surface area contributed by atoms with Gasteiger partial charge in [0.25, 0.3) is 0 Å². The molecule has 0 unspecified atom stereocenters. The number of pyridine rings is 1. The molecule has 0 saturated carbocycles. The van der Waals surface area contributed by atoms with Crippen molar-refractivity contribution in [3.8, 4) is 0 Å². The van der Waals surface area contributed by atoms with Gasteiger partial charge in [-0.3, -0.25) is 4.98 Å². The van der Waals surface area contributed by atoms with Crippen molar-refractivity contribution in [1.29, 1.82) is 0 Å². The normalized spacial score (nSPS) is 10.1. The molecule has 0 aliphatic rings. The average molecular weight is 298 g/mol. The molecular formula is C12H9Cl2N3S. The number of nitrogens with one attached hydrogen (secondary N) is 1. The minimum atomic E-state index is 0.266. The molecule has 18 heavy (non-hydrogen) atoms. The van der Waals surface area contributed by atoms with E-state index in [1.54, 1.807) is 18.3 Å². The van der Waals surface area contributed by atoms with Crippen LogP contribution in [0.4, 0.5) is 11.4 Å². The highest BCUT2D eigenvalue weighted by Gasteiger charge is 2.05. The number of nitrogens with zero attached hydrogens (tertiary/aromatic N) is 1. The summed E-state index contributed by atoms with van der Waals surface area (Å²) in [5.41, 5.74) is 7.54. The molecule has 0 atom stereocenters. The fourth-order valence-corrected chi connectivity index (χ4v) is 1.84. The van der Waals surface area contributed by atoms with E-state index in [4.69, 9.17) is 41.2 Å². The van der Waals surface area contributed by atoms with E-state index >= 15 is 0 Å². The van der Waals surface area contributed by atoms with Crippen molar-refractivity contribution in [2.75, 3.05) is 5.32 Å². The molecule has 0 aliphatic carbocycles. The van der Waals surface area contributed by atoms with Gasteiger partial charge in [0, 0.05) is 0 Å². The predicted octanol–water partition coefficient (Wildman–Crippen LogP) is 3.77. The molecule has 0 radical (unpaired) electrons. The molecule has 0 amide bonds. The number of thiocarbonyl (C=S) groups is 1. The Labute approximate surface area is 120 Å². The maximum Gasteiger partial charge on any atom is 0.122 e. The van der Waals surface area contributed by atoms with E-state index in [1.165, 1.54) is 0 Å². The van der Waals surface area contributed by atoms with Crippen molar-refractivity contribution in [2.45, 2.75) is 0 Å². The minimum Gasteiger partial charge on any atom is -0.388 e. The summed E-state index contributed by atoms with van der Waals surface area (Å²) in [7, 11) is 0. The van der Waals surface area contributed by atoms with Gasteiger partial charge in [-0.25, -0.2) is 0 Å². The van der Waals surface area contributed by atoms with Crippen LogP contribution in [0.2, 0.25) is 10.0 Å². The van der Waals surface area contributed by atoms with Crippen molar-refractivity contribution in [2.24, 2.45) is 5.73 Å². The van der Waals surface area contributed by atoms with E-state index in [2.05, 4.69) is 10.3 Å². The number of hydrogen-bond donors (Lipinski definition) is 2. The molecule has 0 saturated heterocycles. The lowest BCUT2D eigenvalue weighted by molar-refractivity contribution is 1.29. The zero-order valence-electron chi connectivity index (χ0n) is 9.15. The summed E-state index contributed by atoms with van der Waals surface area (Å²) in [4.78, 5) is 4.39. The van der Waals surface area contributed by atoms with Gasteiger partial charge in [-0.05, 0) is 24.3 Å². The number of benzene rings is 1. The van der Waals surface area contributed by atoms with Gasteiger partial charge in [0.05, 0.1) is 33.3 Å². The van der Waals surface area contributed by atoms with Gasteiger partial charge in [0.1, 0.15) is 4.99 Å². The number of anilines is 2. The van der Waals surface area contributed by atoms with Gasteiger partial charge >= 0.3 is 0 Å². The highest BCUT2D eigenvalue weighted by molar-refractivity contribution is 7.80. The maximum atomic E-state index is 6.07. The average Bonchev–Trinajstić information content (AvgIpc) is 2.36. The third kappa shape index (κ3) is 2.90. The van der Waals surface area contributed by atoms with Crippen molar-refractivity contribution in [1.82, 2.24) is 4.98 Å². The Hall–Kier alpha value is -1.36. The van der Waals surface area contributed by atoms with E-state index < -0.39 is 0 Å². The second kappa shape index (κ2) is 5.52. The molecule has 0 spiro atoms. The highest BCUT2D eigenvalue weighted by Crippen LogP contribution is 2.31. The zero-order valence-corrected chi connectivity index (χ0v) is 11.5. The molecule has 92 valence electrons. The van der Waals surface area contributed by atoms with Crippen LogP contribution < -0.4 is 11.1 Å². The lowest BCUT2D eigenvalue weighted by Crippen LogP contribution is -2.11. The monoisotopic (exact) mass is 297 g/mol. The second-order valence-electron chi connectivity index (χ2n) is 3.52. The maximum absolute atomic E-state index is 6.07. The first-order chi connectivity index (χ1) is 8.58. The lowest BCUT2D eigenvalue weighted by atomic mass is 10.3. The predicted molar refractivity (Wildman–Crippen MR) is 79.9 cm³/mol. The van der Waals surface area contributed by atoms with Crippen LogP contribution in [0.3, 0.4) is 0 Å². The third-order valence-electron chi connectivity index (χ3n) is 2.25. The van der Waals surface area contributed by atoms with Crippen LogP contribution in [0, 0.1) is 0 Å². The van der Waals surface area contributed by atoms with Crippen LogP contribution in [-0.4, -0.2) is 9.97 Å². The Kier molecular flexibility index (Phi) is 4.01. The summed E-state index contributed by atoms with van der Waals surface area (Å²) in [5, 5.41) is 4.08. The van der Waals surface area contributed by atoms with E-state index in [0.717, 1.165) is 5.69 Å². The number of rotatable bonds is 3. The first kappa shape index (κ1) is 13.1. The molecule has 0 fully saturated rings. The van der Waals surface area contributed by atoms with Crippen LogP contribution in [0.15, 0.2) is 36.5 Å². The van der Waals surface area contributed by atoms with Crippen LogP contribution in [0.5, 0.6) is 0 Å². The first-order valence-electron chi connectivity index (χ1n) is 5.05. The number of aromatic nitrogens is 1. The molecule has 1 aromatic heterocycles. The summed E-state index contributed by atoms with van der Waals surface area (Å²) < 4.78 is 0. The molecule has 6 heteroatoms. The number of nitrogens with two attached hydrogens (primary N) is 1. The summed E-state index contributed by atoms with van der Waals surface area (Å²) in [6.07, 6.45) is 1.63. The van der Waals surface area contributed by atoms with Crippen molar-refractivity contribution in [3.63, 3.8) is 0 Å². The molecule has 1 aromatic carbocycles. The molecular weight excluding hydrogens is 289 g/mol. The van der Waals surface area contributed by atoms with Crippen molar-refractivity contribution >= 4 is 51.8 Å². The van der Waals surface area contributed by atoms with Crippen LogP contribution in [0.25, 0.3) is 0 Å². The number of halogens is 2. The molecule has 2 rings (SSSR count). The van der Waals surface area contributed by atoms with Crippen LogP contribution in [0.1, 0.15) is 5.69 Å². The smallest absolute Gasteiger partial charge is 0.122 e. The fraction of sp³-hybridized carbons (Fsp3) is 0. The minimum absolute atomic E-state index is 0.266. The molecule has 0 bridgehead atoms. The second-order valence-corrected chi connectivity index (χ2v) is 4.75. The van der Waals surface area contributed by atoms with Crippen LogP contribution >= 0.6 is 35.4 Å². The zero-order chi connectivity index (χ0) is 13.1. The lowest BCUT2D eigenvalue weighted by Gasteiger charge is -2.09. The Bertz CT molecular complexity index is 584. The van der Waals surface area contributed by atoms with Crippen molar-refractivity contribution in [3.05, 3.63) is 52.3 Å². The fourth-order valence-electron chi connectivity index (χ4n) is 1.37. The first-order valence-corrected chi connectivity index (χ1v) is 6.21. The van der Waals surface area contributed by atoms with Gasteiger partial charge in [-0.1, -0.05) is 41.5 Å². The van der Waals surface area contributed by atoms with E-state index in [-0.39, 0.29) is 4.99 Å². The molecule has 1 heterocycles.